The number of H-pyrrole nitrogens is 1. The minimum absolute atomic E-state index is 0.187. The Morgan fingerprint density at radius 1 is 0.838 bits per heavy atom. The largest absolute Gasteiger partial charge is 0.507 e. The fourth-order valence-electron chi connectivity index (χ4n) is 4.39. The maximum Gasteiger partial charge on any atom is 0.310 e. The van der Waals surface area contributed by atoms with Gasteiger partial charge in [0.15, 0.2) is 0 Å². The van der Waals surface area contributed by atoms with Gasteiger partial charge in [0.25, 0.3) is 5.56 Å². The maximum absolute atomic E-state index is 12.9. The molecule has 1 heterocycles. The van der Waals surface area contributed by atoms with E-state index in [2.05, 4.69) is 4.98 Å². The molecule has 2 N–H and O–H groups in total. The van der Waals surface area contributed by atoms with Gasteiger partial charge in [0.2, 0.25) is 0 Å². The van der Waals surface area contributed by atoms with E-state index in [-0.39, 0.29) is 23.7 Å². The Balaban J connectivity index is 1.48. The van der Waals surface area contributed by atoms with E-state index in [0.29, 0.717) is 22.7 Å². The van der Waals surface area contributed by atoms with Crippen LogP contribution < -0.4 is 5.56 Å². The summed E-state index contributed by atoms with van der Waals surface area (Å²) in [5, 5.41) is 11.5. The van der Waals surface area contributed by atoms with Crippen LogP contribution in [0.15, 0.2) is 95.8 Å². The van der Waals surface area contributed by atoms with Crippen LogP contribution in [0.3, 0.4) is 0 Å². The fourth-order valence-corrected chi connectivity index (χ4v) is 4.66. The summed E-state index contributed by atoms with van der Waals surface area (Å²) in [4.78, 5) is 27.5. The lowest BCUT2D eigenvalue weighted by Gasteiger charge is -2.11. The number of fused-ring (bicyclic) bond motifs is 1. The van der Waals surface area contributed by atoms with Gasteiger partial charge in [-0.1, -0.05) is 78.3 Å². The molecule has 0 aliphatic rings. The molecule has 0 atom stereocenters. The number of carbonyl (C=O) groups is 1. The number of esters is 1. The summed E-state index contributed by atoms with van der Waals surface area (Å²) in [6, 6.07) is 27.9. The third-order valence-electron chi connectivity index (χ3n) is 6.26. The van der Waals surface area contributed by atoms with Crippen molar-refractivity contribution in [2.24, 2.45) is 0 Å². The van der Waals surface area contributed by atoms with Crippen LogP contribution in [0.2, 0.25) is 5.02 Å². The lowest BCUT2D eigenvalue weighted by atomic mass is 9.97. The molecule has 0 saturated carbocycles. The van der Waals surface area contributed by atoms with Crippen LogP contribution in [0.25, 0.3) is 44.3 Å². The zero-order valence-electron chi connectivity index (χ0n) is 20.1. The first kappa shape index (κ1) is 24.3. The number of benzene rings is 4. The summed E-state index contributed by atoms with van der Waals surface area (Å²) < 4.78 is 5.00. The smallest absolute Gasteiger partial charge is 0.310 e. The van der Waals surface area contributed by atoms with Crippen molar-refractivity contribution in [3.8, 4) is 39.1 Å². The normalized spacial score (nSPS) is 11.0. The summed E-state index contributed by atoms with van der Waals surface area (Å²) in [6.45, 7) is 2.12. The van der Waals surface area contributed by atoms with Gasteiger partial charge in [0.05, 0.1) is 18.1 Å². The molecule has 4 aromatic carbocycles. The molecule has 0 unspecified atom stereocenters. The van der Waals surface area contributed by atoms with Crippen molar-refractivity contribution in [1.29, 1.82) is 0 Å². The molecule has 0 radical (unpaired) electrons. The minimum Gasteiger partial charge on any atom is -0.507 e. The number of nitrogens with one attached hydrogen (secondary N) is 1. The van der Waals surface area contributed by atoms with Crippen LogP contribution in [0.5, 0.6) is 5.75 Å². The van der Waals surface area contributed by atoms with Crippen LogP contribution >= 0.6 is 11.6 Å². The number of aromatic amines is 1. The van der Waals surface area contributed by atoms with Crippen molar-refractivity contribution in [3.63, 3.8) is 0 Å². The third kappa shape index (κ3) is 5.13. The lowest BCUT2D eigenvalue weighted by molar-refractivity contribution is -0.142. The van der Waals surface area contributed by atoms with E-state index in [4.69, 9.17) is 16.3 Å². The monoisotopic (exact) mass is 509 g/mol. The Bertz CT molecular complexity index is 1650. The Morgan fingerprint density at radius 2 is 1.43 bits per heavy atom. The summed E-state index contributed by atoms with van der Waals surface area (Å²) in [7, 11) is 0. The number of phenols is 1. The number of hydrogen-bond acceptors (Lipinski definition) is 4. The molecule has 0 fully saturated rings. The fraction of sp³-hybridized carbons (Fsp3) is 0.0968. The Morgan fingerprint density at radius 3 is 2.11 bits per heavy atom. The zero-order valence-corrected chi connectivity index (χ0v) is 20.9. The number of phenolic OH excluding ortho intramolecular Hbond substituents is 1. The maximum atomic E-state index is 12.9. The molecule has 5 nitrogen and oxygen atoms in total. The first-order valence-corrected chi connectivity index (χ1v) is 12.3. The molecule has 184 valence electrons. The van der Waals surface area contributed by atoms with Crippen molar-refractivity contribution in [3.05, 3.63) is 112 Å². The van der Waals surface area contributed by atoms with E-state index in [1.54, 1.807) is 25.1 Å². The number of rotatable bonds is 6. The Kier molecular flexibility index (Phi) is 6.80. The van der Waals surface area contributed by atoms with Crippen LogP contribution in [0.4, 0.5) is 0 Å². The van der Waals surface area contributed by atoms with Crippen molar-refractivity contribution >= 4 is 28.5 Å². The van der Waals surface area contributed by atoms with E-state index in [0.717, 1.165) is 38.8 Å². The number of para-hydroxylation sites is 1. The van der Waals surface area contributed by atoms with Crippen molar-refractivity contribution in [2.75, 3.05) is 6.61 Å². The van der Waals surface area contributed by atoms with Gasteiger partial charge >= 0.3 is 5.97 Å². The number of carbonyl (C=O) groups excluding carboxylic acids is 1. The van der Waals surface area contributed by atoms with Gasteiger partial charge < -0.3 is 14.8 Å². The average molecular weight is 510 g/mol. The highest BCUT2D eigenvalue weighted by Gasteiger charge is 2.12. The van der Waals surface area contributed by atoms with E-state index in [1.807, 2.05) is 72.8 Å². The number of hydrogen-bond donors (Lipinski definition) is 2. The second kappa shape index (κ2) is 10.3. The lowest BCUT2D eigenvalue weighted by Crippen LogP contribution is -2.09. The van der Waals surface area contributed by atoms with Crippen LogP contribution in [0.1, 0.15) is 12.5 Å². The average Bonchev–Trinajstić information content (AvgIpc) is 2.89. The molecular weight excluding hydrogens is 486 g/mol. The molecule has 0 spiro atoms. The van der Waals surface area contributed by atoms with Crippen molar-refractivity contribution in [1.82, 2.24) is 4.98 Å². The van der Waals surface area contributed by atoms with Gasteiger partial charge in [-0.3, -0.25) is 9.59 Å². The highest BCUT2D eigenvalue weighted by Crippen LogP contribution is 2.35. The van der Waals surface area contributed by atoms with Gasteiger partial charge in [0, 0.05) is 22.2 Å². The second-order valence-electron chi connectivity index (χ2n) is 8.70. The van der Waals surface area contributed by atoms with Crippen LogP contribution in [-0.2, 0) is 16.0 Å². The standard InChI is InChI=1S/C31H24ClNO4/c1-2-37-30(35)15-19-7-9-22(10-8-19)26-17-23-16-25(27(32)18-28(23)33-31(26)36)21-13-11-20(12-14-21)24-5-3-4-6-29(24)34/h3-14,16-18,34H,2,15H2,1H3,(H,33,36). The highest BCUT2D eigenvalue weighted by molar-refractivity contribution is 6.34. The number of pyridine rings is 1. The first-order valence-electron chi connectivity index (χ1n) is 11.9. The Labute approximate surface area is 218 Å². The molecule has 6 heteroatoms. The number of halogens is 1. The molecular formula is C31H24ClNO4. The van der Waals surface area contributed by atoms with E-state index in [9.17, 15) is 14.7 Å². The molecule has 1 aromatic heterocycles. The van der Waals surface area contributed by atoms with E-state index >= 15 is 0 Å². The SMILES string of the molecule is CCOC(=O)Cc1ccc(-c2cc3cc(-c4ccc(-c5ccccc5O)cc4)c(Cl)cc3[nH]c2=O)cc1. The third-order valence-corrected chi connectivity index (χ3v) is 6.57. The topological polar surface area (TPSA) is 79.4 Å². The zero-order chi connectivity index (χ0) is 25.9. The van der Waals surface area contributed by atoms with E-state index in [1.165, 1.54) is 0 Å². The molecule has 0 saturated heterocycles. The number of aromatic hydroxyl groups is 1. The summed E-state index contributed by atoms with van der Waals surface area (Å²) >= 11 is 6.61. The van der Waals surface area contributed by atoms with Crippen molar-refractivity contribution in [2.45, 2.75) is 13.3 Å². The van der Waals surface area contributed by atoms with Crippen molar-refractivity contribution < 1.29 is 14.6 Å². The summed E-state index contributed by atoms with van der Waals surface area (Å²) in [5.74, 6) is -0.0544. The second-order valence-corrected chi connectivity index (χ2v) is 9.11. The number of aromatic nitrogens is 1. The number of ether oxygens (including phenoxy) is 1. The Hall–Kier alpha value is -4.35. The van der Waals surface area contributed by atoms with Crippen LogP contribution in [0, 0.1) is 0 Å². The highest BCUT2D eigenvalue weighted by atomic mass is 35.5. The molecule has 5 aromatic rings. The molecule has 0 amide bonds. The molecule has 0 aliphatic carbocycles. The quantitative estimate of drug-likeness (QED) is 0.242. The molecule has 37 heavy (non-hydrogen) atoms. The first-order chi connectivity index (χ1) is 17.9. The minimum atomic E-state index is -0.281. The summed E-state index contributed by atoms with van der Waals surface area (Å²) in [5.41, 5.74) is 5.93. The molecule has 0 bridgehead atoms. The van der Waals surface area contributed by atoms with Gasteiger partial charge in [-0.05, 0) is 58.8 Å². The van der Waals surface area contributed by atoms with Gasteiger partial charge in [-0.25, -0.2) is 0 Å². The van der Waals surface area contributed by atoms with Gasteiger partial charge in [0.1, 0.15) is 5.75 Å². The van der Waals surface area contributed by atoms with Gasteiger partial charge in [-0.2, -0.15) is 0 Å². The van der Waals surface area contributed by atoms with Crippen LogP contribution in [-0.4, -0.2) is 22.7 Å². The molecule has 5 rings (SSSR count). The predicted molar refractivity (Wildman–Crippen MR) is 148 cm³/mol. The van der Waals surface area contributed by atoms with E-state index < -0.39 is 0 Å². The predicted octanol–water partition coefficient (Wildman–Crippen LogP) is 6.99. The molecule has 0 aliphatic heterocycles. The van der Waals surface area contributed by atoms with Gasteiger partial charge in [-0.15, -0.1) is 0 Å². The summed E-state index contributed by atoms with van der Waals surface area (Å²) in [6.07, 6.45) is 0.187.